The first-order valence-electron chi connectivity index (χ1n) is 7.77. The van der Waals surface area contributed by atoms with Gasteiger partial charge >= 0.3 is 6.16 Å². The van der Waals surface area contributed by atoms with Crippen molar-refractivity contribution in [2.24, 2.45) is 0 Å². The lowest BCUT2D eigenvalue weighted by Gasteiger charge is -2.06. The minimum Gasteiger partial charge on any atom is -0.434 e. The summed E-state index contributed by atoms with van der Waals surface area (Å²) >= 11 is 13.0. The topological polar surface area (TPSA) is 35.5 Å². The highest BCUT2D eigenvalue weighted by Crippen LogP contribution is 2.44. The van der Waals surface area contributed by atoms with Crippen LogP contribution in [0.3, 0.4) is 0 Å². The zero-order valence-corrected chi connectivity index (χ0v) is 16.2. The first-order chi connectivity index (χ1) is 12.9. The van der Waals surface area contributed by atoms with Crippen molar-refractivity contribution < 1.29 is 23.0 Å². The van der Waals surface area contributed by atoms with Gasteiger partial charge in [0.1, 0.15) is 11.6 Å². The molecular formula is C19H12Cl2F2O3S. The van der Waals surface area contributed by atoms with E-state index in [1.165, 1.54) is 30.3 Å². The summed E-state index contributed by atoms with van der Waals surface area (Å²) in [5.41, 5.74) is 1.65. The van der Waals surface area contributed by atoms with Gasteiger partial charge in [-0.1, -0.05) is 40.6 Å². The predicted molar refractivity (Wildman–Crippen MR) is 103 cm³/mol. The van der Waals surface area contributed by atoms with Crippen LogP contribution in [0.5, 0.6) is 5.06 Å². The van der Waals surface area contributed by atoms with Crippen LogP contribution in [-0.2, 0) is 4.74 Å². The Morgan fingerprint density at radius 1 is 1.07 bits per heavy atom. The lowest BCUT2D eigenvalue weighted by Crippen LogP contribution is -2.08. The number of carbonyl (C=O) groups excluding carboxylic acids is 1. The maximum Gasteiger partial charge on any atom is 0.514 e. The molecule has 0 aliphatic rings. The molecule has 0 bridgehead atoms. The average Bonchev–Trinajstić information content (AvgIpc) is 3.00. The van der Waals surface area contributed by atoms with Gasteiger partial charge in [0.2, 0.25) is 0 Å². The van der Waals surface area contributed by atoms with Gasteiger partial charge in [-0.25, -0.2) is 13.6 Å². The Morgan fingerprint density at radius 3 is 2.52 bits per heavy atom. The third-order valence-electron chi connectivity index (χ3n) is 3.51. The van der Waals surface area contributed by atoms with Gasteiger partial charge in [0, 0.05) is 21.5 Å². The molecule has 0 fully saturated rings. The number of carbonyl (C=O) groups is 1. The van der Waals surface area contributed by atoms with E-state index in [-0.39, 0.29) is 21.7 Å². The molecule has 3 nitrogen and oxygen atoms in total. The summed E-state index contributed by atoms with van der Waals surface area (Å²) < 4.78 is 37.3. The van der Waals surface area contributed by atoms with Gasteiger partial charge in [-0.3, -0.25) is 0 Å². The van der Waals surface area contributed by atoms with Crippen molar-refractivity contribution in [3.05, 3.63) is 64.1 Å². The smallest absolute Gasteiger partial charge is 0.434 e. The fourth-order valence-corrected chi connectivity index (χ4v) is 3.84. The Labute approximate surface area is 168 Å². The zero-order valence-electron chi connectivity index (χ0n) is 13.9. The highest BCUT2D eigenvalue weighted by atomic mass is 35.5. The SMILES string of the molecule is CCOC(=O)Oc1cc(-c2ccc(F)c(Cl)c2)c(-c2cc(F)cc(Cl)c2)s1. The number of benzene rings is 2. The van der Waals surface area contributed by atoms with E-state index in [1.54, 1.807) is 19.1 Å². The largest absolute Gasteiger partial charge is 0.514 e. The summed E-state index contributed by atoms with van der Waals surface area (Å²) in [4.78, 5) is 12.2. The van der Waals surface area contributed by atoms with Gasteiger partial charge in [-0.15, -0.1) is 0 Å². The van der Waals surface area contributed by atoms with Crippen molar-refractivity contribution in [1.29, 1.82) is 0 Å². The Morgan fingerprint density at radius 2 is 1.85 bits per heavy atom. The highest BCUT2D eigenvalue weighted by molar-refractivity contribution is 7.18. The maximum atomic E-state index is 13.8. The minimum atomic E-state index is -0.855. The van der Waals surface area contributed by atoms with Crippen LogP contribution in [0.4, 0.5) is 13.6 Å². The number of thiophene rings is 1. The molecular weight excluding hydrogens is 417 g/mol. The summed E-state index contributed by atoms with van der Waals surface area (Å²) in [6.45, 7) is 1.82. The maximum absolute atomic E-state index is 13.8. The molecule has 0 radical (unpaired) electrons. The Bertz CT molecular complexity index is 984. The molecule has 0 unspecified atom stereocenters. The number of hydrogen-bond acceptors (Lipinski definition) is 4. The van der Waals surface area contributed by atoms with Crippen molar-refractivity contribution in [1.82, 2.24) is 0 Å². The summed E-state index contributed by atoms with van der Waals surface area (Å²) in [5.74, 6) is -1.07. The van der Waals surface area contributed by atoms with Crippen LogP contribution in [0.1, 0.15) is 6.92 Å². The van der Waals surface area contributed by atoms with Gasteiger partial charge in [-0.05, 0) is 48.4 Å². The van der Waals surface area contributed by atoms with Gasteiger partial charge in [0.15, 0.2) is 5.06 Å². The molecule has 0 N–H and O–H groups in total. The zero-order chi connectivity index (χ0) is 19.6. The predicted octanol–water partition coefficient (Wildman–Crippen LogP) is 7.20. The fourth-order valence-electron chi connectivity index (χ4n) is 2.43. The number of halogens is 4. The molecule has 0 amide bonds. The Balaban J connectivity index is 2.12. The lowest BCUT2D eigenvalue weighted by atomic mass is 10.0. The summed E-state index contributed by atoms with van der Waals surface area (Å²) in [6, 6.07) is 9.85. The summed E-state index contributed by atoms with van der Waals surface area (Å²) in [6.07, 6.45) is -0.855. The van der Waals surface area contributed by atoms with Crippen molar-refractivity contribution in [3.8, 4) is 26.6 Å². The van der Waals surface area contributed by atoms with Gasteiger partial charge < -0.3 is 9.47 Å². The molecule has 0 atom stereocenters. The molecule has 140 valence electrons. The van der Waals surface area contributed by atoms with E-state index in [2.05, 4.69) is 0 Å². The highest BCUT2D eigenvalue weighted by Gasteiger charge is 2.18. The molecule has 3 aromatic rings. The van der Waals surface area contributed by atoms with Gasteiger partial charge in [0.25, 0.3) is 0 Å². The quantitative estimate of drug-likeness (QED) is 0.412. The van der Waals surface area contributed by atoms with E-state index < -0.39 is 17.8 Å². The lowest BCUT2D eigenvalue weighted by molar-refractivity contribution is 0.105. The van der Waals surface area contributed by atoms with E-state index >= 15 is 0 Å². The van der Waals surface area contributed by atoms with Crippen LogP contribution in [0.25, 0.3) is 21.6 Å². The minimum absolute atomic E-state index is 0.0604. The van der Waals surface area contributed by atoms with Gasteiger partial charge in [0.05, 0.1) is 11.6 Å². The van der Waals surface area contributed by atoms with E-state index in [4.69, 9.17) is 32.7 Å². The average molecular weight is 429 g/mol. The molecule has 0 saturated heterocycles. The van der Waals surface area contributed by atoms with Crippen molar-refractivity contribution in [2.45, 2.75) is 6.92 Å². The van der Waals surface area contributed by atoms with E-state index in [9.17, 15) is 13.6 Å². The summed E-state index contributed by atoms with van der Waals surface area (Å²) in [5, 5.41) is 0.392. The van der Waals surface area contributed by atoms with E-state index in [1.807, 2.05) is 0 Å². The normalized spacial score (nSPS) is 10.7. The van der Waals surface area contributed by atoms with Crippen LogP contribution in [0, 0.1) is 11.6 Å². The van der Waals surface area contributed by atoms with Gasteiger partial charge in [-0.2, -0.15) is 0 Å². The first kappa shape index (κ1) is 19.6. The third kappa shape index (κ3) is 4.58. The molecule has 0 aliphatic heterocycles. The van der Waals surface area contributed by atoms with Crippen LogP contribution in [0.15, 0.2) is 42.5 Å². The Hall–Kier alpha value is -2.15. The molecule has 0 spiro atoms. The molecule has 1 heterocycles. The molecule has 3 rings (SSSR count). The van der Waals surface area contributed by atoms with E-state index in [0.717, 1.165) is 11.3 Å². The molecule has 8 heteroatoms. The second-order valence-electron chi connectivity index (χ2n) is 5.38. The van der Waals surface area contributed by atoms with E-state index in [0.29, 0.717) is 21.6 Å². The number of rotatable bonds is 4. The van der Waals surface area contributed by atoms with Crippen LogP contribution in [0.2, 0.25) is 10.0 Å². The third-order valence-corrected chi connectivity index (χ3v) is 5.08. The second-order valence-corrected chi connectivity index (χ2v) is 7.24. The summed E-state index contributed by atoms with van der Waals surface area (Å²) in [7, 11) is 0. The fraction of sp³-hybridized carbons (Fsp3) is 0.105. The monoisotopic (exact) mass is 428 g/mol. The standard InChI is InChI=1S/C19H12Cl2F2O3S/c1-2-25-19(24)26-17-9-14(10-3-4-16(23)15(21)7-10)18(27-17)11-5-12(20)8-13(22)6-11/h3-9H,2H2,1H3. The molecule has 0 aliphatic carbocycles. The van der Waals surface area contributed by atoms with Crippen molar-refractivity contribution in [2.75, 3.05) is 6.61 Å². The van der Waals surface area contributed by atoms with Crippen molar-refractivity contribution >= 4 is 40.7 Å². The molecule has 0 saturated carbocycles. The first-order valence-corrected chi connectivity index (χ1v) is 9.35. The molecule has 2 aromatic carbocycles. The number of ether oxygens (including phenoxy) is 2. The molecule has 1 aromatic heterocycles. The molecule has 27 heavy (non-hydrogen) atoms. The second kappa shape index (κ2) is 8.25. The Kier molecular flexibility index (Phi) is 5.99. The van der Waals surface area contributed by atoms with Crippen LogP contribution >= 0.6 is 34.5 Å². The van der Waals surface area contributed by atoms with Crippen LogP contribution in [-0.4, -0.2) is 12.8 Å². The number of hydrogen-bond donors (Lipinski definition) is 0. The van der Waals surface area contributed by atoms with Crippen molar-refractivity contribution in [3.63, 3.8) is 0 Å². The van der Waals surface area contributed by atoms with Crippen LogP contribution < -0.4 is 4.74 Å².